The summed E-state index contributed by atoms with van der Waals surface area (Å²) in [5, 5.41) is 10.5. The van der Waals surface area contributed by atoms with Gasteiger partial charge in [0.15, 0.2) is 0 Å². The first-order valence-electron chi connectivity index (χ1n) is 4.87. The van der Waals surface area contributed by atoms with Crippen LogP contribution in [-0.4, -0.2) is 11.5 Å². The van der Waals surface area contributed by atoms with Crippen LogP contribution in [-0.2, 0) is 0 Å². The standard InChI is InChI=1S/C11H13FN2O2/c1-8-6-11(14(15)16)10(12)7-9(8)4-2-3-5-13/h2,4,6-7H,3,5,13H2,1H3. The molecule has 0 aromatic heterocycles. The molecule has 0 fully saturated rings. The summed E-state index contributed by atoms with van der Waals surface area (Å²) in [6.07, 6.45) is 4.22. The molecule has 0 aliphatic carbocycles. The number of hydrogen-bond acceptors (Lipinski definition) is 3. The second-order valence-corrected chi connectivity index (χ2v) is 3.40. The van der Waals surface area contributed by atoms with E-state index in [1.807, 2.05) is 6.08 Å². The highest BCUT2D eigenvalue weighted by Gasteiger charge is 2.15. The Bertz CT molecular complexity index is 430. The minimum absolute atomic E-state index is 0.492. The van der Waals surface area contributed by atoms with Crippen molar-refractivity contribution in [2.75, 3.05) is 6.54 Å². The average Bonchev–Trinajstić information content (AvgIpc) is 2.22. The Kier molecular flexibility index (Phi) is 4.13. The summed E-state index contributed by atoms with van der Waals surface area (Å²) in [5.41, 5.74) is 6.12. The van der Waals surface area contributed by atoms with Crippen LogP contribution in [0.2, 0.25) is 0 Å². The van der Waals surface area contributed by atoms with Gasteiger partial charge < -0.3 is 5.73 Å². The van der Waals surface area contributed by atoms with Crippen molar-refractivity contribution in [2.45, 2.75) is 13.3 Å². The van der Waals surface area contributed by atoms with Gasteiger partial charge in [-0.1, -0.05) is 12.2 Å². The van der Waals surface area contributed by atoms with E-state index in [4.69, 9.17) is 5.73 Å². The molecule has 0 atom stereocenters. The van der Waals surface area contributed by atoms with Gasteiger partial charge in [-0.3, -0.25) is 10.1 Å². The molecule has 0 saturated carbocycles. The highest BCUT2D eigenvalue weighted by molar-refractivity contribution is 5.57. The van der Waals surface area contributed by atoms with Gasteiger partial charge in [0.1, 0.15) is 0 Å². The largest absolute Gasteiger partial charge is 0.330 e. The third kappa shape index (κ3) is 2.87. The molecule has 0 radical (unpaired) electrons. The molecule has 0 aliphatic heterocycles. The number of hydrogen-bond donors (Lipinski definition) is 1. The first kappa shape index (κ1) is 12.3. The van der Waals surface area contributed by atoms with Gasteiger partial charge in [-0.2, -0.15) is 4.39 Å². The average molecular weight is 224 g/mol. The van der Waals surface area contributed by atoms with Crippen molar-refractivity contribution in [2.24, 2.45) is 5.73 Å². The number of aryl methyl sites for hydroxylation is 1. The number of rotatable bonds is 4. The molecule has 86 valence electrons. The van der Waals surface area contributed by atoms with Crippen molar-refractivity contribution < 1.29 is 9.31 Å². The lowest BCUT2D eigenvalue weighted by Gasteiger charge is -2.01. The second-order valence-electron chi connectivity index (χ2n) is 3.40. The van der Waals surface area contributed by atoms with Crippen molar-refractivity contribution in [3.63, 3.8) is 0 Å². The van der Waals surface area contributed by atoms with E-state index in [9.17, 15) is 14.5 Å². The van der Waals surface area contributed by atoms with Crippen molar-refractivity contribution in [1.29, 1.82) is 0 Å². The van der Waals surface area contributed by atoms with Crippen molar-refractivity contribution in [3.05, 3.63) is 45.3 Å². The topological polar surface area (TPSA) is 69.2 Å². The summed E-state index contributed by atoms with van der Waals surface area (Å²) >= 11 is 0. The van der Waals surface area contributed by atoms with Crippen LogP contribution in [0.4, 0.5) is 10.1 Å². The fourth-order valence-corrected chi connectivity index (χ4v) is 1.31. The van der Waals surface area contributed by atoms with E-state index in [2.05, 4.69) is 0 Å². The van der Waals surface area contributed by atoms with Crippen LogP contribution in [0.25, 0.3) is 6.08 Å². The number of nitrogens with two attached hydrogens (primary N) is 1. The van der Waals surface area contributed by atoms with Crippen LogP contribution < -0.4 is 5.73 Å². The Morgan fingerprint density at radius 2 is 2.25 bits per heavy atom. The highest BCUT2D eigenvalue weighted by Crippen LogP contribution is 2.22. The SMILES string of the molecule is Cc1cc([N+](=O)[O-])c(F)cc1C=CCCN. The van der Waals surface area contributed by atoms with Crippen LogP contribution in [0.1, 0.15) is 17.5 Å². The van der Waals surface area contributed by atoms with Gasteiger partial charge in [0.05, 0.1) is 4.92 Å². The smallest absolute Gasteiger partial charge is 0.305 e. The zero-order chi connectivity index (χ0) is 12.1. The number of nitro benzene ring substituents is 1. The molecule has 1 rings (SSSR count). The highest BCUT2D eigenvalue weighted by atomic mass is 19.1. The molecular formula is C11H13FN2O2. The maximum absolute atomic E-state index is 13.3. The van der Waals surface area contributed by atoms with E-state index in [0.717, 1.165) is 0 Å². The summed E-state index contributed by atoms with van der Waals surface area (Å²) in [6.45, 7) is 2.22. The van der Waals surface area contributed by atoms with E-state index in [1.165, 1.54) is 12.1 Å². The molecule has 0 unspecified atom stereocenters. The minimum atomic E-state index is -0.817. The van der Waals surface area contributed by atoms with E-state index >= 15 is 0 Å². The summed E-state index contributed by atoms with van der Waals surface area (Å²) < 4.78 is 13.3. The van der Waals surface area contributed by atoms with Gasteiger partial charge in [0, 0.05) is 6.07 Å². The van der Waals surface area contributed by atoms with Gasteiger partial charge in [-0.25, -0.2) is 0 Å². The first-order chi connectivity index (χ1) is 7.56. The Labute approximate surface area is 92.7 Å². The van der Waals surface area contributed by atoms with Gasteiger partial charge in [-0.05, 0) is 37.1 Å². The van der Waals surface area contributed by atoms with Gasteiger partial charge in [0.25, 0.3) is 0 Å². The predicted octanol–water partition coefficient (Wildman–Crippen LogP) is 2.40. The normalized spacial score (nSPS) is 10.9. The second kappa shape index (κ2) is 5.37. The lowest BCUT2D eigenvalue weighted by atomic mass is 10.1. The monoisotopic (exact) mass is 224 g/mol. The van der Waals surface area contributed by atoms with E-state index in [0.29, 0.717) is 24.1 Å². The van der Waals surface area contributed by atoms with Crippen LogP contribution in [0.3, 0.4) is 0 Å². The summed E-state index contributed by atoms with van der Waals surface area (Å²) in [4.78, 5) is 9.75. The Hall–Kier alpha value is -1.75. The molecule has 1 aromatic carbocycles. The molecule has 0 heterocycles. The third-order valence-electron chi connectivity index (χ3n) is 2.16. The van der Waals surface area contributed by atoms with Gasteiger partial charge in [0.2, 0.25) is 5.82 Å². The number of benzene rings is 1. The van der Waals surface area contributed by atoms with E-state index in [-0.39, 0.29) is 0 Å². The molecular weight excluding hydrogens is 211 g/mol. The zero-order valence-corrected chi connectivity index (χ0v) is 8.94. The zero-order valence-electron chi connectivity index (χ0n) is 8.94. The van der Waals surface area contributed by atoms with Crippen LogP contribution in [0.15, 0.2) is 18.2 Å². The summed E-state index contributed by atoms with van der Waals surface area (Å²) in [6, 6.07) is 2.40. The summed E-state index contributed by atoms with van der Waals surface area (Å²) in [7, 11) is 0. The van der Waals surface area contributed by atoms with Crippen molar-refractivity contribution in [1.82, 2.24) is 0 Å². The molecule has 0 bridgehead atoms. The molecule has 4 nitrogen and oxygen atoms in total. The molecule has 0 saturated heterocycles. The predicted molar refractivity (Wildman–Crippen MR) is 60.5 cm³/mol. The van der Waals surface area contributed by atoms with Crippen LogP contribution in [0.5, 0.6) is 0 Å². The first-order valence-corrected chi connectivity index (χ1v) is 4.87. The van der Waals surface area contributed by atoms with Crippen molar-refractivity contribution >= 4 is 11.8 Å². The van der Waals surface area contributed by atoms with Gasteiger partial charge >= 0.3 is 5.69 Å². The Balaban J connectivity index is 3.05. The molecule has 0 aliphatic rings. The van der Waals surface area contributed by atoms with Crippen LogP contribution >= 0.6 is 0 Å². The molecule has 0 spiro atoms. The maximum atomic E-state index is 13.3. The maximum Gasteiger partial charge on any atom is 0.305 e. The van der Waals surface area contributed by atoms with Crippen molar-refractivity contribution in [3.8, 4) is 0 Å². The number of nitrogens with zero attached hydrogens (tertiary/aromatic N) is 1. The van der Waals surface area contributed by atoms with Crippen LogP contribution in [0, 0.1) is 22.9 Å². The molecule has 2 N–H and O–H groups in total. The molecule has 1 aromatic rings. The Morgan fingerprint density at radius 3 is 2.81 bits per heavy atom. The summed E-state index contributed by atoms with van der Waals surface area (Å²) in [5.74, 6) is -0.817. The fourth-order valence-electron chi connectivity index (χ4n) is 1.31. The van der Waals surface area contributed by atoms with E-state index in [1.54, 1.807) is 13.0 Å². The minimum Gasteiger partial charge on any atom is -0.330 e. The number of halogens is 1. The molecule has 16 heavy (non-hydrogen) atoms. The molecule has 0 amide bonds. The number of nitro groups is 1. The van der Waals surface area contributed by atoms with Gasteiger partial charge in [-0.15, -0.1) is 0 Å². The Morgan fingerprint density at radius 1 is 1.56 bits per heavy atom. The lowest BCUT2D eigenvalue weighted by Crippen LogP contribution is -1.96. The molecule has 5 heteroatoms. The van der Waals surface area contributed by atoms with E-state index < -0.39 is 16.4 Å². The lowest BCUT2D eigenvalue weighted by molar-refractivity contribution is -0.387. The fraction of sp³-hybridized carbons (Fsp3) is 0.273. The quantitative estimate of drug-likeness (QED) is 0.630. The third-order valence-corrected chi connectivity index (χ3v) is 2.16.